The van der Waals surface area contributed by atoms with Gasteiger partial charge in [0.1, 0.15) is 11.9 Å². The molecule has 1 saturated carbocycles. The number of piperidine rings is 1. The summed E-state index contributed by atoms with van der Waals surface area (Å²) in [4.78, 5) is 6.79. The summed E-state index contributed by atoms with van der Waals surface area (Å²) in [5.74, 6) is 1.91. The van der Waals surface area contributed by atoms with Gasteiger partial charge in [0.15, 0.2) is 5.96 Å². The van der Waals surface area contributed by atoms with Gasteiger partial charge in [-0.1, -0.05) is 31.0 Å². The lowest BCUT2D eigenvalue weighted by Gasteiger charge is -2.34. The minimum absolute atomic E-state index is 0. The molecule has 1 aliphatic carbocycles. The molecule has 1 aromatic heterocycles. The predicted octanol–water partition coefficient (Wildman–Crippen LogP) is 4.24. The molecule has 0 bridgehead atoms. The van der Waals surface area contributed by atoms with Crippen molar-refractivity contribution < 1.29 is 4.74 Å². The molecule has 0 radical (unpaired) electrons. The number of aromatic nitrogens is 2. The summed E-state index contributed by atoms with van der Waals surface area (Å²) in [6.45, 7) is 2.62. The molecule has 1 saturated heterocycles. The highest BCUT2D eigenvalue weighted by Crippen LogP contribution is 2.28. The Morgan fingerprint density at radius 1 is 1.10 bits per heavy atom. The summed E-state index contributed by atoms with van der Waals surface area (Å²) in [6.07, 6.45) is 9.59. The molecule has 6 nitrogen and oxygen atoms in total. The lowest BCUT2D eigenvalue weighted by Crippen LogP contribution is -2.47. The van der Waals surface area contributed by atoms with Crippen LogP contribution in [-0.2, 0) is 6.54 Å². The smallest absolute Gasteiger partial charge is 0.193 e. The Morgan fingerprint density at radius 3 is 2.52 bits per heavy atom. The maximum absolute atomic E-state index is 6.10. The summed E-state index contributed by atoms with van der Waals surface area (Å²) in [6, 6.07) is 12.8. The molecule has 1 aromatic carbocycles. The van der Waals surface area contributed by atoms with Gasteiger partial charge >= 0.3 is 0 Å². The summed E-state index contributed by atoms with van der Waals surface area (Å²) in [5, 5.41) is 8.25. The number of nitrogens with zero attached hydrogens (tertiary/aromatic N) is 4. The molecule has 158 valence electrons. The first-order valence-corrected chi connectivity index (χ1v) is 10.5. The number of rotatable bonds is 5. The van der Waals surface area contributed by atoms with Gasteiger partial charge < -0.3 is 15.0 Å². The average Bonchev–Trinajstić information content (AvgIpc) is 3.42. The molecular formula is C22H32IN5O. The number of guanidine groups is 1. The summed E-state index contributed by atoms with van der Waals surface area (Å²) < 4.78 is 8.25. The van der Waals surface area contributed by atoms with E-state index in [1.807, 2.05) is 37.4 Å². The van der Waals surface area contributed by atoms with Crippen LogP contribution in [-0.4, -0.2) is 46.9 Å². The maximum atomic E-state index is 6.10. The van der Waals surface area contributed by atoms with Crippen molar-refractivity contribution in [2.24, 2.45) is 4.99 Å². The minimum Gasteiger partial charge on any atom is -0.490 e. The van der Waals surface area contributed by atoms with Gasteiger partial charge in [0.05, 0.1) is 18.3 Å². The number of ether oxygens (including phenoxy) is 1. The number of likely N-dealkylation sites (tertiary alicyclic amines) is 1. The topological polar surface area (TPSA) is 54.7 Å². The fraction of sp³-hybridized carbons (Fsp3) is 0.545. The third-order valence-corrected chi connectivity index (χ3v) is 5.79. The molecule has 4 rings (SSSR count). The highest BCUT2D eigenvalue weighted by molar-refractivity contribution is 14.0. The number of halogens is 1. The molecule has 2 aromatic rings. The van der Waals surface area contributed by atoms with Crippen molar-refractivity contribution in [3.8, 4) is 5.75 Å². The van der Waals surface area contributed by atoms with Crippen LogP contribution in [0.5, 0.6) is 5.75 Å². The zero-order valence-corrected chi connectivity index (χ0v) is 19.5. The van der Waals surface area contributed by atoms with Crippen LogP contribution < -0.4 is 10.1 Å². The Hall–Kier alpha value is -1.77. The van der Waals surface area contributed by atoms with Crippen LogP contribution in [0.2, 0.25) is 0 Å². The molecule has 0 unspecified atom stereocenters. The van der Waals surface area contributed by atoms with E-state index in [0.29, 0.717) is 12.6 Å². The van der Waals surface area contributed by atoms with E-state index in [4.69, 9.17) is 9.84 Å². The lowest BCUT2D eigenvalue weighted by molar-refractivity contribution is 0.129. The van der Waals surface area contributed by atoms with Gasteiger partial charge in [-0.2, -0.15) is 5.10 Å². The van der Waals surface area contributed by atoms with E-state index in [9.17, 15) is 0 Å². The molecule has 7 heteroatoms. The lowest BCUT2D eigenvalue weighted by atomic mass is 10.1. The third-order valence-electron chi connectivity index (χ3n) is 5.79. The molecule has 1 aliphatic heterocycles. The summed E-state index contributed by atoms with van der Waals surface area (Å²) in [5.41, 5.74) is 1.08. The average molecular weight is 509 g/mol. The second-order valence-corrected chi connectivity index (χ2v) is 7.74. The Morgan fingerprint density at radius 2 is 1.83 bits per heavy atom. The monoisotopic (exact) mass is 509 g/mol. The van der Waals surface area contributed by atoms with Crippen molar-refractivity contribution >= 4 is 29.9 Å². The maximum Gasteiger partial charge on any atom is 0.193 e. The Kier molecular flexibility index (Phi) is 8.20. The zero-order valence-electron chi connectivity index (χ0n) is 17.2. The van der Waals surface area contributed by atoms with Crippen LogP contribution in [0.4, 0.5) is 0 Å². The molecule has 0 amide bonds. The van der Waals surface area contributed by atoms with E-state index in [1.165, 1.54) is 25.7 Å². The first kappa shape index (κ1) is 21.9. The van der Waals surface area contributed by atoms with E-state index in [-0.39, 0.29) is 30.1 Å². The first-order chi connectivity index (χ1) is 13.8. The van der Waals surface area contributed by atoms with E-state index in [0.717, 1.165) is 43.3 Å². The van der Waals surface area contributed by atoms with Crippen LogP contribution >= 0.6 is 24.0 Å². The summed E-state index contributed by atoms with van der Waals surface area (Å²) >= 11 is 0. The number of aliphatic imine (C=N–C) groups is 1. The van der Waals surface area contributed by atoms with Gasteiger partial charge in [-0.15, -0.1) is 24.0 Å². The molecule has 1 N–H and O–H groups in total. The van der Waals surface area contributed by atoms with Crippen molar-refractivity contribution in [3.63, 3.8) is 0 Å². The fourth-order valence-corrected chi connectivity index (χ4v) is 4.22. The standard InChI is InChI=1S/C22H31N5O.HI/c1-23-22(24-17-18-11-16-27(25-18)19-7-5-6-8-19)26-14-12-21(13-15-26)28-20-9-3-2-4-10-20;/h2-4,9-11,16,19,21H,5-8,12-15,17H2,1H3,(H,23,24);1H. The Labute approximate surface area is 190 Å². The number of hydrogen-bond acceptors (Lipinski definition) is 3. The Balaban J connectivity index is 0.00000240. The second kappa shape index (κ2) is 10.8. The first-order valence-electron chi connectivity index (χ1n) is 10.5. The number of hydrogen-bond donors (Lipinski definition) is 1. The number of para-hydroxylation sites is 1. The predicted molar refractivity (Wildman–Crippen MR) is 127 cm³/mol. The van der Waals surface area contributed by atoms with Crippen molar-refractivity contribution in [2.75, 3.05) is 20.1 Å². The molecule has 0 atom stereocenters. The van der Waals surface area contributed by atoms with Gasteiger partial charge in [0.2, 0.25) is 0 Å². The highest BCUT2D eigenvalue weighted by Gasteiger charge is 2.23. The summed E-state index contributed by atoms with van der Waals surface area (Å²) in [7, 11) is 1.85. The minimum atomic E-state index is 0. The van der Waals surface area contributed by atoms with Crippen molar-refractivity contribution in [1.29, 1.82) is 0 Å². The van der Waals surface area contributed by atoms with Gasteiger partial charge in [0, 0.05) is 39.2 Å². The van der Waals surface area contributed by atoms with E-state index < -0.39 is 0 Å². The Bertz CT molecular complexity index is 765. The van der Waals surface area contributed by atoms with Gasteiger partial charge in [-0.25, -0.2) is 0 Å². The normalized spacial score (nSPS) is 18.5. The van der Waals surface area contributed by atoms with E-state index in [1.54, 1.807) is 0 Å². The van der Waals surface area contributed by atoms with Crippen LogP contribution in [0, 0.1) is 0 Å². The zero-order chi connectivity index (χ0) is 19.2. The molecule has 0 spiro atoms. The SMILES string of the molecule is CN=C(NCc1ccn(C2CCCC2)n1)N1CCC(Oc2ccccc2)CC1.I. The second-order valence-electron chi connectivity index (χ2n) is 7.74. The number of benzene rings is 1. The molecule has 2 heterocycles. The fourth-order valence-electron chi connectivity index (χ4n) is 4.22. The molecule has 29 heavy (non-hydrogen) atoms. The van der Waals surface area contributed by atoms with Crippen LogP contribution in [0.15, 0.2) is 47.6 Å². The van der Waals surface area contributed by atoms with Crippen LogP contribution in [0.1, 0.15) is 50.3 Å². The van der Waals surface area contributed by atoms with Crippen molar-refractivity contribution in [1.82, 2.24) is 20.0 Å². The van der Waals surface area contributed by atoms with Gasteiger partial charge in [-0.3, -0.25) is 9.67 Å². The third kappa shape index (κ3) is 5.87. The molecule has 2 fully saturated rings. The van der Waals surface area contributed by atoms with Crippen LogP contribution in [0.25, 0.3) is 0 Å². The van der Waals surface area contributed by atoms with Crippen molar-refractivity contribution in [2.45, 2.75) is 57.2 Å². The van der Waals surface area contributed by atoms with Gasteiger partial charge in [-0.05, 0) is 31.0 Å². The number of nitrogens with one attached hydrogen (secondary N) is 1. The molecule has 2 aliphatic rings. The van der Waals surface area contributed by atoms with Crippen molar-refractivity contribution in [3.05, 3.63) is 48.3 Å². The van der Waals surface area contributed by atoms with Gasteiger partial charge in [0.25, 0.3) is 0 Å². The highest BCUT2D eigenvalue weighted by atomic mass is 127. The van der Waals surface area contributed by atoms with E-state index >= 15 is 0 Å². The molecular weight excluding hydrogens is 477 g/mol. The largest absolute Gasteiger partial charge is 0.490 e. The quantitative estimate of drug-likeness (QED) is 0.373. The van der Waals surface area contributed by atoms with E-state index in [2.05, 4.69) is 32.2 Å². The van der Waals surface area contributed by atoms with Crippen LogP contribution in [0.3, 0.4) is 0 Å².